The van der Waals surface area contributed by atoms with Crippen LogP contribution in [0.15, 0.2) is 0 Å². The van der Waals surface area contributed by atoms with Gasteiger partial charge in [0.1, 0.15) is 0 Å². The lowest BCUT2D eigenvalue weighted by Crippen LogP contribution is -2.40. The van der Waals surface area contributed by atoms with E-state index in [0.717, 1.165) is 13.0 Å². The minimum atomic E-state index is 0.181. The maximum absolute atomic E-state index is 8.79. The number of aliphatic hydroxyl groups is 1. The molecule has 0 aliphatic carbocycles. The van der Waals surface area contributed by atoms with Crippen molar-refractivity contribution in [1.82, 2.24) is 4.90 Å². The molecule has 0 aromatic rings. The van der Waals surface area contributed by atoms with E-state index >= 15 is 0 Å². The summed E-state index contributed by atoms with van der Waals surface area (Å²) in [6.07, 6.45) is 1.02. The molecule has 1 aliphatic rings. The fraction of sp³-hybridized carbons (Fsp3) is 1.00. The standard InChI is InChI=1S/C6H14N2O/c1-8-3-2-5(7)6(8)4-9/h5-6,9H,2-4,7H2,1H3. The van der Waals surface area contributed by atoms with Crippen molar-refractivity contribution in [2.75, 3.05) is 20.2 Å². The topological polar surface area (TPSA) is 49.5 Å². The molecular formula is C6H14N2O. The highest BCUT2D eigenvalue weighted by Gasteiger charge is 2.27. The van der Waals surface area contributed by atoms with Gasteiger partial charge in [-0.1, -0.05) is 0 Å². The molecule has 1 aliphatic heterocycles. The highest BCUT2D eigenvalue weighted by molar-refractivity contribution is 4.86. The molecule has 1 heterocycles. The Morgan fingerprint density at radius 3 is 2.67 bits per heavy atom. The second-order valence-corrected chi connectivity index (χ2v) is 2.68. The van der Waals surface area contributed by atoms with Gasteiger partial charge >= 0.3 is 0 Å². The van der Waals surface area contributed by atoms with Crippen LogP contribution in [0.5, 0.6) is 0 Å². The molecule has 0 spiro atoms. The van der Waals surface area contributed by atoms with Crippen molar-refractivity contribution in [3.8, 4) is 0 Å². The molecule has 0 aromatic heterocycles. The largest absolute Gasteiger partial charge is 0.395 e. The summed E-state index contributed by atoms with van der Waals surface area (Å²) in [6, 6.07) is 0.380. The van der Waals surface area contributed by atoms with Gasteiger partial charge in [-0.2, -0.15) is 0 Å². The number of aliphatic hydroxyl groups excluding tert-OH is 1. The Bertz CT molecular complexity index is 87.1. The molecule has 0 saturated carbocycles. The van der Waals surface area contributed by atoms with Gasteiger partial charge in [-0.15, -0.1) is 0 Å². The molecule has 3 N–H and O–H groups in total. The Balaban J connectivity index is 2.44. The van der Waals surface area contributed by atoms with Crippen molar-refractivity contribution >= 4 is 0 Å². The SMILES string of the molecule is CN1CCC(N)C1CO. The van der Waals surface area contributed by atoms with Crippen LogP contribution in [0, 0.1) is 0 Å². The lowest BCUT2D eigenvalue weighted by molar-refractivity contribution is 0.173. The first-order chi connectivity index (χ1) is 4.25. The second kappa shape index (κ2) is 2.64. The third-order valence-corrected chi connectivity index (χ3v) is 2.06. The normalized spacial score (nSPS) is 37.7. The molecule has 2 unspecified atom stereocenters. The van der Waals surface area contributed by atoms with E-state index in [2.05, 4.69) is 4.90 Å². The second-order valence-electron chi connectivity index (χ2n) is 2.68. The summed E-state index contributed by atoms with van der Waals surface area (Å²) in [5.41, 5.74) is 5.68. The van der Waals surface area contributed by atoms with E-state index in [9.17, 15) is 0 Å². The lowest BCUT2D eigenvalue weighted by atomic mass is 10.1. The minimum absolute atomic E-state index is 0.181. The van der Waals surface area contributed by atoms with Crippen LogP contribution in [-0.2, 0) is 0 Å². The summed E-state index contributed by atoms with van der Waals surface area (Å²) in [6.45, 7) is 1.21. The summed E-state index contributed by atoms with van der Waals surface area (Å²) < 4.78 is 0. The van der Waals surface area contributed by atoms with Gasteiger partial charge in [0.25, 0.3) is 0 Å². The van der Waals surface area contributed by atoms with Crippen molar-refractivity contribution in [2.45, 2.75) is 18.5 Å². The molecule has 0 bridgehead atoms. The van der Waals surface area contributed by atoms with E-state index in [-0.39, 0.29) is 18.7 Å². The first kappa shape index (κ1) is 6.99. The Morgan fingerprint density at radius 2 is 2.44 bits per heavy atom. The van der Waals surface area contributed by atoms with E-state index in [4.69, 9.17) is 10.8 Å². The third kappa shape index (κ3) is 1.23. The van der Waals surface area contributed by atoms with Crippen LogP contribution in [0.4, 0.5) is 0 Å². The van der Waals surface area contributed by atoms with Gasteiger partial charge in [0.15, 0.2) is 0 Å². The van der Waals surface area contributed by atoms with E-state index in [1.165, 1.54) is 0 Å². The maximum Gasteiger partial charge on any atom is 0.0601 e. The molecule has 1 fully saturated rings. The Labute approximate surface area is 55.5 Å². The van der Waals surface area contributed by atoms with E-state index in [1.807, 2.05) is 7.05 Å². The summed E-state index contributed by atoms with van der Waals surface area (Å²) >= 11 is 0. The Kier molecular flexibility index (Phi) is 2.05. The number of likely N-dealkylation sites (N-methyl/N-ethyl adjacent to an activating group) is 1. The van der Waals surface area contributed by atoms with Crippen molar-refractivity contribution in [1.29, 1.82) is 0 Å². The van der Waals surface area contributed by atoms with Crippen LogP contribution in [0.3, 0.4) is 0 Å². The molecule has 0 aromatic carbocycles. The van der Waals surface area contributed by atoms with Crippen LogP contribution >= 0.6 is 0 Å². The number of hydrogen-bond acceptors (Lipinski definition) is 3. The van der Waals surface area contributed by atoms with E-state index < -0.39 is 0 Å². The van der Waals surface area contributed by atoms with Gasteiger partial charge in [-0.3, -0.25) is 4.90 Å². The van der Waals surface area contributed by atoms with Crippen LogP contribution in [-0.4, -0.2) is 42.3 Å². The summed E-state index contributed by atoms with van der Waals surface area (Å²) in [4.78, 5) is 2.10. The van der Waals surface area contributed by atoms with Gasteiger partial charge in [-0.05, 0) is 20.0 Å². The number of nitrogens with zero attached hydrogens (tertiary/aromatic N) is 1. The van der Waals surface area contributed by atoms with Crippen LogP contribution in [0.1, 0.15) is 6.42 Å². The molecule has 2 atom stereocenters. The first-order valence-corrected chi connectivity index (χ1v) is 3.32. The van der Waals surface area contributed by atoms with Crippen LogP contribution in [0.2, 0.25) is 0 Å². The zero-order chi connectivity index (χ0) is 6.85. The van der Waals surface area contributed by atoms with Crippen molar-refractivity contribution in [3.63, 3.8) is 0 Å². The predicted octanol–water partition coefficient (Wildman–Crippen LogP) is -0.990. The molecule has 0 amide bonds. The smallest absolute Gasteiger partial charge is 0.0601 e. The third-order valence-electron chi connectivity index (χ3n) is 2.06. The fourth-order valence-electron chi connectivity index (χ4n) is 1.31. The molecule has 1 rings (SSSR count). The maximum atomic E-state index is 8.79. The summed E-state index contributed by atoms with van der Waals surface area (Å²) in [5.74, 6) is 0. The van der Waals surface area contributed by atoms with Gasteiger partial charge < -0.3 is 10.8 Å². The van der Waals surface area contributed by atoms with Crippen LogP contribution < -0.4 is 5.73 Å². The highest BCUT2D eigenvalue weighted by atomic mass is 16.3. The van der Waals surface area contributed by atoms with Gasteiger partial charge in [-0.25, -0.2) is 0 Å². The highest BCUT2D eigenvalue weighted by Crippen LogP contribution is 2.12. The lowest BCUT2D eigenvalue weighted by Gasteiger charge is -2.19. The van der Waals surface area contributed by atoms with Gasteiger partial charge in [0, 0.05) is 12.1 Å². The summed E-state index contributed by atoms with van der Waals surface area (Å²) in [5, 5.41) is 8.79. The fourth-order valence-corrected chi connectivity index (χ4v) is 1.31. The average Bonchev–Trinajstić information content (AvgIpc) is 2.12. The number of hydrogen-bond donors (Lipinski definition) is 2. The molecule has 1 saturated heterocycles. The predicted molar refractivity (Wildman–Crippen MR) is 36.1 cm³/mol. The average molecular weight is 130 g/mol. The number of likely N-dealkylation sites (tertiary alicyclic amines) is 1. The summed E-state index contributed by atoms with van der Waals surface area (Å²) in [7, 11) is 1.99. The van der Waals surface area contributed by atoms with Crippen LogP contribution in [0.25, 0.3) is 0 Å². The van der Waals surface area contributed by atoms with Crippen molar-refractivity contribution in [2.24, 2.45) is 5.73 Å². The van der Waals surface area contributed by atoms with Crippen molar-refractivity contribution < 1.29 is 5.11 Å². The Hall–Kier alpha value is -0.120. The first-order valence-electron chi connectivity index (χ1n) is 3.32. The number of nitrogens with two attached hydrogens (primary N) is 1. The zero-order valence-corrected chi connectivity index (χ0v) is 5.75. The molecule has 3 nitrogen and oxygen atoms in total. The van der Waals surface area contributed by atoms with Gasteiger partial charge in [0.2, 0.25) is 0 Å². The number of rotatable bonds is 1. The minimum Gasteiger partial charge on any atom is -0.395 e. The molecule has 54 valence electrons. The molecular weight excluding hydrogens is 116 g/mol. The van der Waals surface area contributed by atoms with E-state index in [1.54, 1.807) is 0 Å². The monoisotopic (exact) mass is 130 g/mol. The Morgan fingerprint density at radius 1 is 1.78 bits per heavy atom. The quantitative estimate of drug-likeness (QED) is 0.479. The van der Waals surface area contributed by atoms with Crippen molar-refractivity contribution in [3.05, 3.63) is 0 Å². The molecule has 0 radical (unpaired) electrons. The van der Waals surface area contributed by atoms with Gasteiger partial charge in [0.05, 0.1) is 6.61 Å². The molecule has 9 heavy (non-hydrogen) atoms. The van der Waals surface area contributed by atoms with E-state index in [0.29, 0.717) is 0 Å². The molecule has 3 heteroatoms. The zero-order valence-electron chi connectivity index (χ0n) is 5.75.